The number of amides is 1. The topological polar surface area (TPSA) is 105 Å². The van der Waals surface area contributed by atoms with E-state index in [4.69, 9.17) is 15.5 Å². The lowest BCUT2D eigenvalue weighted by molar-refractivity contribution is -0.116. The zero-order chi connectivity index (χ0) is 24.9. The first-order chi connectivity index (χ1) is 17.6. The summed E-state index contributed by atoms with van der Waals surface area (Å²) in [6.07, 6.45) is 1.26. The van der Waals surface area contributed by atoms with E-state index in [-0.39, 0.29) is 5.91 Å². The number of carbonyl (C=O) groups excluding carboxylic acids is 1. The van der Waals surface area contributed by atoms with Crippen molar-refractivity contribution in [1.29, 1.82) is 0 Å². The molecule has 3 aromatic carbocycles. The van der Waals surface area contributed by atoms with Gasteiger partial charge in [-0.3, -0.25) is 4.79 Å². The number of hydrogen-bond donors (Lipinski definition) is 3. The van der Waals surface area contributed by atoms with E-state index in [9.17, 15) is 4.79 Å². The van der Waals surface area contributed by atoms with Crippen LogP contribution in [0.4, 0.5) is 23.1 Å². The van der Waals surface area contributed by atoms with Crippen LogP contribution in [-0.4, -0.2) is 42.2 Å². The molecule has 0 atom stereocenters. The number of fused-ring (bicyclic) bond motifs is 1. The molecule has 4 aromatic rings. The summed E-state index contributed by atoms with van der Waals surface area (Å²) in [6.45, 7) is 7.18. The number of nitrogen functional groups attached to an aromatic ring is 1. The van der Waals surface area contributed by atoms with Crippen molar-refractivity contribution in [2.45, 2.75) is 6.54 Å². The lowest BCUT2D eigenvalue weighted by atomic mass is 10.00. The van der Waals surface area contributed by atoms with E-state index in [1.165, 1.54) is 6.08 Å². The molecular weight excluding hydrogens is 452 g/mol. The maximum absolute atomic E-state index is 11.6. The van der Waals surface area contributed by atoms with Gasteiger partial charge in [-0.15, -0.1) is 0 Å². The number of aromatic nitrogens is 2. The molecule has 0 spiro atoms. The average molecular weight is 481 g/mol. The summed E-state index contributed by atoms with van der Waals surface area (Å²) in [5, 5.41) is 6.89. The Kier molecular flexibility index (Phi) is 6.77. The number of nitrogens with one attached hydrogen (secondary N) is 2. The molecule has 1 saturated heterocycles. The van der Waals surface area contributed by atoms with Crippen LogP contribution in [0, 0.1) is 0 Å². The Labute approximate surface area is 209 Å². The van der Waals surface area contributed by atoms with Crippen LogP contribution in [0.1, 0.15) is 5.56 Å². The Morgan fingerprint density at radius 1 is 1.06 bits per heavy atom. The molecule has 4 N–H and O–H groups in total. The molecule has 0 saturated carbocycles. The fourth-order valence-electron chi connectivity index (χ4n) is 4.28. The molecule has 0 bridgehead atoms. The van der Waals surface area contributed by atoms with E-state index >= 15 is 0 Å². The van der Waals surface area contributed by atoms with Gasteiger partial charge in [0.15, 0.2) is 0 Å². The summed E-state index contributed by atoms with van der Waals surface area (Å²) in [6, 6.07) is 22.1. The lowest BCUT2D eigenvalue weighted by Crippen LogP contribution is -2.36. The molecular formula is C28H28N6O2. The van der Waals surface area contributed by atoms with E-state index < -0.39 is 0 Å². The highest BCUT2D eigenvalue weighted by Crippen LogP contribution is 2.31. The zero-order valence-corrected chi connectivity index (χ0v) is 19.9. The number of carbonyl (C=O) groups is 1. The van der Waals surface area contributed by atoms with Gasteiger partial charge in [0.05, 0.1) is 18.7 Å². The normalized spacial score (nSPS) is 13.4. The third kappa shape index (κ3) is 5.13. The number of nitrogens with two attached hydrogens (primary N) is 1. The number of ether oxygens (including phenoxy) is 1. The summed E-state index contributed by atoms with van der Waals surface area (Å²) < 4.78 is 5.44. The molecule has 1 fully saturated rings. The van der Waals surface area contributed by atoms with Gasteiger partial charge in [0.1, 0.15) is 5.82 Å². The minimum Gasteiger partial charge on any atom is -0.383 e. The summed E-state index contributed by atoms with van der Waals surface area (Å²) in [5.74, 6) is 0.629. The van der Waals surface area contributed by atoms with Crippen molar-refractivity contribution in [3.63, 3.8) is 0 Å². The fraction of sp³-hybridized carbons (Fsp3) is 0.179. The number of para-hydroxylation sites is 1. The van der Waals surface area contributed by atoms with Gasteiger partial charge in [0.25, 0.3) is 0 Å². The minimum atomic E-state index is -0.209. The van der Waals surface area contributed by atoms with Gasteiger partial charge in [-0.05, 0) is 53.6 Å². The highest BCUT2D eigenvalue weighted by atomic mass is 16.5. The van der Waals surface area contributed by atoms with Gasteiger partial charge < -0.3 is 26.0 Å². The zero-order valence-electron chi connectivity index (χ0n) is 19.9. The number of rotatable bonds is 7. The second-order valence-corrected chi connectivity index (χ2v) is 8.53. The van der Waals surface area contributed by atoms with Crippen LogP contribution in [0.15, 0.2) is 79.4 Å². The summed E-state index contributed by atoms with van der Waals surface area (Å²) in [5.41, 5.74) is 12.0. The highest BCUT2D eigenvalue weighted by molar-refractivity contribution is 5.99. The van der Waals surface area contributed by atoms with E-state index in [1.807, 2.05) is 54.6 Å². The minimum absolute atomic E-state index is 0.209. The Morgan fingerprint density at radius 3 is 2.61 bits per heavy atom. The summed E-state index contributed by atoms with van der Waals surface area (Å²) >= 11 is 0. The Bertz CT molecular complexity index is 1400. The van der Waals surface area contributed by atoms with Crippen LogP contribution in [-0.2, 0) is 16.1 Å². The van der Waals surface area contributed by atoms with Crippen LogP contribution in [0.25, 0.3) is 22.0 Å². The quantitative estimate of drug-likeness (QED) is 0.339. The first-order valence-corrected chi connectivity index (χ1v) is 11.9. The van der Waals surface area contributed by atoms with Crippen LogP contribution in [0.5, 0.6) is 0 Å². The average Bonchev–Trinajstić information content (AvgIpc) is 2.92. The van der Waals surface area contributed by atoms with Gasteiger partial charge in [-0.1, -0.05) is 36.9 Å². The molecule has 2 heterocycles. The second kappa shape index (κ2) is 10.5. The fourth-order valence-corrected chi connectivity index (χ4v) is 4.28. The van der Waals surface area contributed by atoms with Crippen LogP contribution < -0.4 is 21.3 Å². The summed E-state index contributed by atoms with van der Waals surface area (Å²) in [7, 11) is 0. The van der Waals surface area contributed by atoms with Crippen molar-refractivity contribution in [1.82, 2.24) is 15.3 Å². The first kappa shape index (κ1) is 23.3. The van der Waals surface area contributed by atoms with Gasteiger partial charge in [-0.25, -0.2) is 4.98 Å². The Morgan fingerprint density at radius 2 is 1.83 bits per heavy atom. The number of anilines is 4. The van der Waals surface area contributed by atoms with Crippen molar-refractivity contribution in [2.75, 3.05) is 42.3 Å². The molecule has 8 nitrogen and oxygen atoms in total. The molecule has 1 aliphatic heterocycles. The Hall–Kier alpha value is -4.43. The smallest absolute Gasteiger partial charge is 0.243 e. The molecule has 0 aliphatic carbocycles. The van der Waals surface area contributed by atoms with E-state index in [2.05, 4.69) is 39.2 Å². The van der Waals surface area contributed by atoms with Gasteiger partial charge in [-0.2, -0.15) is 4.98 Å². The van der Waals surface area contributed by atoms with Crippen molar-refractivity contribution < 1.29 is 9.53 Å². The molecule has 0 radical (unpaired) electrons. The molecule has 36 heavy (non-hydrogen) atoms. The third-order valence-electron chi connectivity index (χ3n) is 6.15. The number of nitrogens with zero attached hydrogens (tertiary/aromatic N) is 3. The van der Waals surface area contributed by atoms with Gasteiger partial charge in [0.2, 0.25) is 11.9 Å². The first-order valence-electron chi connectivity index (χ1n) is 11.9. The van der Waals surface area contributed by atoms with Crippen molar-refractivity contribution in [3.8, 4) is 11.1 Å². The molecule has 1 aromatic heterocycles. The maximum atomic E-state index is 11.6. The predicted octanol–water partition coefficient (Wildman–Crippen LogP) is 4.26. The van der Waals surface area contributed by atoms with Crippen molar-refractivity contribution >= 4 is 40.0 Å². The largest absolute Gasteiger partial charge is 0.383 e. The van der Waals surface area contributed by atoms with E-state index in [1.54, 1.807) is 0 Å². The molecule has 5 rings (SSSR count). The number of benzene rings is 3. The maximum Gasteiger partial charge on any atom is 0.243 e. The van der Waals surface area contributed by atoms with Crippen LogP contribution in [0.2, 0.25) is 0 Å². The monoisotopic (exact) mass is 480 g/mol. The van der Waals surface area contributed by atoms with Crippen molar-refractivity contribution in [3.05, 3.63) is 84.9 Å². The highest BCUT2D eigenvalue weighted by Gasteiger charge is 2.13. The summed E-state index contributed by atoms with van der Waals surface area (Å²) in [4.78, 5) is 23.2. The second-order valence-electron chi connectivity index (χ2n) is 8.53. The van der Waals surface area contributed by atoms with Crippen molar-refractivity contribution in [2.24, 2.45) is 0 Å². The predicted molar refractivity (Wildman–Crippen MR) is 144 cm³/mol. The van der Waals surface area contributed by atoms with Gasteiger partial charge >= 0.3 is 0 Å². The lowest BCUT2D eigenvalue weighted by Gasteiger charge is -2.28. The standard InChI is InChI=1S/C28H28N6O2/c1-2-25(35)30-18-19-5-3-6-20(17-19)23-7-4-8-24-26(23)32-28(33-27(24)29)31-21-9-11-22(12-10-21)34-13-15-36-16-14-34/h2-12,17H,1,13-16,18H2,(H,30,35)(H3,29,31,32,33). The molecule has 0 unspecified atom stereocenters. The molecule has 1 amide bonds. The number of morpholine rings is 1. The van der Waals surface area contributed by atoms with E-state index in [0.29, 0.717) is 18.3 Å². The van der Waals surface area contributed by atoms with Crippen LogP contribution in [0.3, 0.4) is 0 Å². The SMILES string of the molecule is C=CC(=O)NCc1cccc(-c2cccc3c(N)nc(Nc4ccc(N5CCOCC5)cc4)nc23)c1. The van der Waals surface area contributed by atoms with Crippen LogP contribution >= 0.6 is 0 Å². The number of hydrogen-bond acceptors (Lipinski definition) is 7. The third-order valence-corrected chi connectivity index (χ3v) is 6.15. The van der Waals surface area contributed by atoms with E-state index in [0.717, 1.165) is 65.3 Å². The Balaban J connectivity index is 1.42. The molecule has 8 heteroatoms. The molecule has 1 aliphatic rings. The molecule has 182 valence electrons. The van der Waals surface area contributed by atoms with Gasteiger partial charge in [0, 0.05) is 42.0 Å².